The van der Waals surface area contributed by atoms with Crippen LogP contribution in [0.5, 0.6) is 0 Å². The molecule has 1 fully saturated rings. The molecule has 0 amide bonds. The van der Waals surface area contributed by atoms with Crippen molar-refractivity contribution in [3.8, 4) is 0 Å². The van der Waals surface area contributed by atoms with Crippen LogP contribution in [-0.2, 0) is 0 Å². The highest BCUT2D eigenvalue weighted by atomic mass is 32.1. The third-order valence-electron chi connectivity index (χ3n) is 4.59. The maximum absolute atomic E-state index is 5.68. The molecule has 2 heteroatoms. The van der Waals surface area contributed by atoms with Crippen LogP contribution in [0, 0.1) is 0 Å². The Morgan fingerprint density at radius 2 is 1.36 bits per heavy atom. The molecule has 0 spiro atoms. The first-order chi connectivity index (χ1) is 10.8. The molecule has 1 nitrogen and oxygen atoms in total. The minimum atomic E-state index is 0.275. The fraction of sp³-hybridized carbons (Fsp3) is 0.350. The Morgan fingerprint density at radius 3 is 1.86 bits per heavy atom. The number of likely N-dealkylation sites (tertiary alicyclic amines) is 1. The van der Waals surface area contributed by atoms with Gasteiger partial charge in [0.25, 0.3) is 0 Å². The second-order valence-corrected chi connectivity index (χ2v) is 6.74. The Hall–Kier alpha value is -1.51. The number of hydrogen-bond donors (Lipinski definition) is 0. The zero-order valence-electron chi connectivity index (χ0n) is 13.1. The molecule has 0 bridgehead atoms. The Kier molecular flexibility index (Phi) is 5.01. The van der Waals surface area contributed by atoms with Crippen LogP contribution in [0.1, 0.15) is 42.9 Å². The number of hydrogen-bond acceptors (Lipinski definition) is 2. The van der Waals surface area contributed by atoms with E-state index >= 15 is 0 Å². The largest absolute Gasteiger partial charge is 0.295 e. The predicted octanol–water partition coefficient (Wildman–Crippen LogP) is 5.00. The minimum Gasteiger partial charge on any atom is -0.295 e. The molecule has 114 valence electrons. The summed E-state index contributed by atoms with van der Waals surface area (Å²) in [6, 6.07) is 22.0. The summed E-state index contributed by atoms with van der Waals surface area (Å²) < 4.78 is 0. The lowest BCUT2D eigenvalue weighted by Crippen LogP contribution is -2.33. The van der Waals surface area contributed by atoms with E-state index in [4.69, 9.17) is 12.2 Å². The highest BCUT2D eigenvalue weighted by molar-refractivity contribution is 7.80. The van der Waals surface area contributed by atoms with E-state index in [0.29, 0.717) is 6.04 Å². The van der Waals surface area contributed by atoms with E-state index in [1.807, 2.05) is 0 Å². The first-order valence-electron chi connectivity index (χ1n) is 8.12. The zero-order valence-corrected chi connectivity index (χ0v) is 13.9. The van der Waals surface area contributed by atoms with Crippen molar-refractivity contribution >= 4 is 17.1 Å². The standard InChI is InChI=1S/C20H23NS/c1-16(22)19(17-10-4-2-5-11-17)20(21-14-8-9-15-21)18-12-6-3-7-13-18/h2-7,10-13,19-20H,8-9,14-15H2,1H3/t19-,20-/m1/s1. The van der Waals surface area contributed by atoms with Crippen LogP contribution in [0.2, 0.25) is 0 Å². The quantitative estimate of drug-likeness (QED) is 0.715. The van der Waals surface area contributed by atoms with E-state index in [-0.39, 0.29) is 5.92 Å². The predicted molar refractivity (Wildman–Crippen MR) is 97.4 cm³/mol. The van der Waals surface area contributed by atoms with Crippen LogP contribution < -0.4 is 0 Å². The molecule has 1 saturated heterocycles. The van der Waals surface area contributed by atoms with Crippen LogP contribution in [0.4, 0.5) is 0 Å². The van der Waals surface area contributed by atoms with Crippen molar-refractivity contribution in [1.29, 1.82) is 0 Å². The molecule has 0 unspecified atom stereocenters. The first kappa shape index (κ1) is 15.4. The van der Waals surface area contributed by atoms with E-state index in [0.717, 1.165) is 4.86 Å². The average Bonchev–Trinajstić information content (AvgIpc) is 3.07. The van der Waals surface area contributed by atoms with Crippen LogP contribution in [-0.4, -0.2) is 22.9 Å². The van der Waals surface area contributed by atoms with E-state index in [1.165, 1.54) is 37.1 Å². The van der Waals surface area contributed by atoms with Gasteiger partial charge in [0, 0.05) is 12.0 Å². The van der Waals surface area contributed by atoms with Crippen molar-refractivity contribution in [2.24, 2.45) is 0 Å². The molecule has 0 aromatic heterocycles. The molecular weight excluding hydrogens is 286 g/mol. The molecule has 1 heterocycles. The van der Waals surface area contributed by atoms with E-state index < -0.39 is 0 Å². The van der Waals surface area contributed by atoms with Crippen molar-refractivity contribution in [3.63, 3.8) is 0 Å². The van der Waals surface area contributed by atoms with Gasteiger partial charge in [0.05, 0.1) is 0 Å². The van der Waals surface area contributed by atoms with Crippen molar-refractivity contribution in [2.75, 3.05) is 13.1 Å². The Bertz CT molecular complexity index is 602. The lowest BCUT2D eigenvalue weighted by Gasteiger charge is -2.35. The molecular formula is C20H23NS. The molecule has 2 atom stereocenters. The van der Waals surface area contributed by atoms with Gasteiger partial charge < -0.3 is 0 Å². The van der Waals surface area contributed by atoms with Crippen LogP contribution in [0.3, 0.4) is 0 Å². The van der Waals surface area contributed by atoms with E-state index in [1.54, 1.807) is 0 Å². The third-order valence-corrected chi connectivity index (χ3v) is 4.84. The number of nitrogens with zero attached hydrogens (tertiary/aromatic N) is 1. The van der Waals surface area contributed by atoms with Gasteiger partial charge >= 0.3 is 0 Å². The zero-order chi connectivity index (χ0) is 15.4. The van der Waals surface area contributed by atoms with Crippen LogP contribution in [0.25, 0.3) is 0 Å². The highest BCUT2D eigenvalue weighted by Crippen LogP contribution is 2.38. The van der Waals surface area contributed by atoms with Gasteiger partial charge in [-0.15, -0.1) is 0 Å². The van der Waals surface area contributed by atoms with Gasteiger partial charge in [-0.25, -0.2) is 0 Å². The second-order valence-electron chi connectivity index (χ2n) is 6.10. The summed E-state index contributed by atoms with van der Waals surface area (Å²) in [6.07, 6.45) is 2.59. The van der Waals surface area contributed by atoms with Gasteiger partial charge in [-0.05, 0) is 48.8 Å². The smallest absolute Gasteiger partial charge is 0.0462 e. The molecule has 1 aliphatic heterocycles. The maximum Gasteiger partial charge on any atom is 0.0462 e. The summed E-state index contributed by atoms with van der Waals surface area (Å²) in [6.45, 7) is 4.44. The van der Waals surface area contributed by atoms with Gasteiger partial charge in [-0.3, -0.25) is 4.90 Å². The summed E-state index contributed by atoms with van der Waals surface area (Å²) in [4.78, 5) is 3.69. The van der Waals surface area contributed by atoms with E-state index in [2.05, 4.69) is 72.5 Å². The summed E-state index contributed by atoms with van der Waals surface area (Å²) in [5.41, 5.74) is 2.71. The van der Waals surface area contributed by atoms with Gasteiger partial charge in [-0.2, -0.15) is 0 Å². The first-order valence-corrected chi connectivity index (χ1v) is 8.52. The Morgan fingerprint density at radius 1 is 0.864 bits per heavy atom. The molecule has 22 heavy (non-hydrogen) atoms. The van der Waals surface area contributed by atoms with Gasteiger partial charge in [0.2, 0.25) is 0 Å². The summed E-state index contributed by atoms with van der Waals surface area (Å²) in [5, 5.41) is 0. The monoisotopic (exact) mass is 309 g/mol. The minimum absolute atomic E-state index is 0.275. The number of rotatable bonds is 5. The molecule has 3 rings (SSSR count). The Labute approximate surface area is 139 Å². The lowest BCUT2D eigenvalue weighted by atomic mass is 9.84. The summed E-state index contributed by atoms with van der Waals surface area (Å²) in [5.74, 6) is 0.275. The summed E-state index contributed by atoms with van der Waals surface area (Å²) in [7, 11) is 0. The lowest BCUT2D eigenvalue weighted by molar-refractivity contribution is 0.234. The topological polar surface area (TPSA) is 3.24 Å². The summed E-state index contributed by atoms with van der Waals surface area (Å²) >= 11 is 5.68. The molecule has 1 aliphatic rings. The van der Waals surface area contributed by atoms with Crippen molar-refractivity contribution in [1.82, 2.24) is 4.90 Å². The van der Waals surface area contributed by atoms with Crippen molar-refractivity contribution in [3.05, 3.63) is 71.8 Å². The maximum atomic E-state index is 5.68. The molecule has 0 saturated carbocycles. The van der Waals surface area contributed by atoms with Gasteiger partial charge in [0.15, 0.2) is 0 Å². The molecule has 0 aliphatic carbocycles. The number of benzene rings is 2. The highest BCUT2D eigenvalue weighted by Gasteiger charge is 2.32. The molecule has 0 N–H and O–H groups in total. The molecule has 0 radical (unpaired) electrons. The fourth-order valence-electron chi connectivity index (χ4n) is 3.58. The van der Waals surface area contributed by atoms with Crippen molar-refractivity contribution < 1.29 is 0 Å². The molecule has 2 aromatic carbocycles. The fourth-order valence-corrected chi connectivity index (χ4v) is 3.85. The average molecular weight is 309 g/mol. The van der Waals surface area contributed by atoms with Crippen LogP contribution in [0.15, 0.2) is 60.7 Å². The third kappa shape index (κ3) is 3.29. The second kappa shape index (κ2) is 7.17. The van der Waals surface area contributed by atoms with Crippen LogP contribution >= 0.6 is 12.2 Å². The Balaban J connectivity index is 2.04. The number of thiocarbonyl (C=S) groups is 1. The SMILES string of the molecule is CC(=S)[C@H](c1ccccc1)[C@@H](c1ccccc1)N1CCCC1. The van der Waals surface area contributed by atoms with E-state index in [9.17, 15) is 0 Å². The van der Waals surface area contributed by atoms with Gasteiger partial charge in [0.1, 0.15) is 0 Å². The molecule has 2 aromatic rings. The van der Waals surface area contributed by atoms with Gasteiger partial charge in [-0.1, -0.05) is 72.9 Å². The normalized spacial score (nSPS) is 18.0. The van der Waals surface area contributed by atoms with Crippen molar-refractivity contribution in [2.45, 2.75) is 31.7 Å².